The fourth-order valence-electron chi connectivity index (χ4n) is 8.45. The number of benzene rings is 2. The molecule has 1 unspecified atom stereocenters. The molecule has 0 spiro atoms. The van der Waals surface area contributed by atoms with Crippen LogP contribution in [0.25, 0.3) is 11.1 Å². The second-order valence-corrected chi connectivity index (χ2v) is 15.7. The van der Waals surface area contributed by atoms with E-state index in [1.54, 1.807) is 0 Å². The molecule has 276 valence electrons. The molecule has 4 aliphatic rings. The van der Waals surface area contributed by atoms with Crippen LogP contribution in [0.2, 0.25) is 0 Å². The van der Waals surface area contributed by atoms with E-state index in [1.807, 2.05) is 62.6 Å². The maximum atomic E-state index is 13.7. The summed E-state index contributed by atoms with van der Waals surface area (Å²) in [4.78, 5) is 41.5. The highest BCUT2D eigenvalue weighted by atomic mass is 16.3. The number of aromatic nitrogens is 2. The van der Waals surface area contributed by atoms with Crippen LogP contribution < -0.4 is 10.6 Å². The molecule has 3 N–H and O–H groups in total. The van der Waals surface area contributed by atoms with Crippen molar-refractivity contribution in [3.05, 3.63) is 106 Å². The van der Waals surface area contributed by atoms with Gasteiger partial charge in [0.2, 0.25) is 0 Å². The van der Waals surface area contributed by atoms with Gasteiger partial charge in [-0.1, -0.05) is 30.7 Å². The molecule has 0 radical (unpaired) electrons. The van der Waals surface area contributed by atoms with Gasteiger partial charge < -0.3 is 15.7 Å². The number of carbonyl (C=O) groups excluding carboxylic acids is 2. The second-order valence-electron chi connectivity index (χ2n) is 15.7. The van der Waals surface area contributed by atoms with Gasteiger partial charge in [-0.2, -0.15) is 0 Å². The van der Waals surface area contributed by atoms with Gasteiger partial charge in [0, 0.05) is 42.9 Å². The minimum Gasteiger partial charge on any atom is -0.395 e. The number of pyridine rings is 2. The summed E-state index contributed by atoms with van der Waals surface area (Å²) in [7, 11) is 0. The molecule has 2 aromatic heterocycles. The van der Waals surface area contributed by atoms with Crippen LogP contribution in [0.3, 0.4) is 0 Å². The van der Waals surface area contributed by atoms with Crippen LogP contribution in [0.4, 0.5) is 11.4 Å². The molecule has 2 saturated carbocycles. The summed E-state index contributed by atoms with van der Waals surface area (Å²) in [6, 6.07) is 16.1. The third kappa shape index (κ3) is 7.93. The van der Waals surface area contributed by atoms with Crippen LogP contribution in [0.1, 0.15) is 124 Å². The van der Waals surface area contributed by atoms with Crippen molar-refractivity contribution >= 4 is 23.2 Å². The molecule has 9 nitrogen and oxygen atoms in total. The largest absolute Gasteiger partial charge is 0.395 e. The van der Waals surface area contributed by atoms with E-state index >= 15 is 0 Å². The van der Waals surface area contributed by atoms with E-state index < -0.39 is 0 Å². The topological polar surface area (TPSA) is 111 Å². The fourth-order valence-corrected chi connectivity index (χ4v) is 8.45. The van der Waals surface area contributed by atoms with Gasteiger partial charge in [-0.25, -0.2) is 0 Å². The number of nitrogens with one attached hydrogen (secondary N) is 2. The maximum Gasteiger partial charge on any atom is 0.274 e. The van der Waals surface area contributed by atoms with Gasteiger partial charge in [0.15, 0.2) is 0 Å². The summed E-state index contributed by atoms with van der Waals surface area (Å²) in [5.41, 5.74) is 11.1. The smallest absolute Gasteiger partial charge is 0.274 e. The Bertz CT molecular complexity index is 2000. The van der Waals surface area contributed by atoms with Gasteiger partial charge in [-0.05, 0) is 165 Å². The summed E-state index contributed by atoms with van der Waals surface area (Å²) in [5, 5.41) is 16.1. The highest BCUT2D eigenvalue weighted by Crippen LogP contribution is 2.43. The first-order valence-electron chi connectivity index (χ1n) is 19.7. The first-order valence-corrected chi connectivity index (χ1v) is 19.7. The molecule has 4 fully saturated rings. The van der Waals surface area contributed by atoms with Gasteiger partial charge in [-0.3, -0.25) is 29.4 Å². The molecule has 2 aliphatic carbocycles. The molecule has 8 rings (SSSR count). The van der Waals surface area contributed by atoms with Crippen molar-refractivity contribution in [3.8, 4) is 11.1 Å². The first kappa shape index (κ1) is 35.6. The van der Waals surface area contributed by atoms with Crippen LogP contribution in [0, 0.1) is 13.8 Å². The Morgan fingerprint density at radius 2 is 1.23 bits per heavy atom. The standard InChI is InChI=1S/C44H52N6O3/c1-28-35(10-6-12-39(28)47-43(52)41-21-37(30-14-15-30)32(23-45-41)25-49-18-4-3-5-19-49)36-11-7-13-40(29(36)2)48-44(53)42-22-38(31-16-17-31)33(24-46-42)26-50-20-8-9-34(50)27-51/h6-7,10-13,21-24,30-31,34,51H,3-5,8-9,14-20,25-27H2,1-2H3,(H,47,52)(H,48,53). The Morgan fingerprint density at radius 1 is 0.698 bits per heavy atom. The van der Waals surface area contributed by atoms with E-state index in [4.69, 9.17) is 0 Å². The zero-order valence-corrected chi connectivity index (χ0v) is 31.2. The third-order valence-corrected chi connectivity index (χ3v) is 11.9. The van der Waals surface area contributed by atoms with Gasteiger partial charge in [0.25, 0.3) is 11.8 Å². The number of hydrogen-bond donors (Lipinski definition) is 3. The molecular formula is C44H52N6O3. The second kappa shape index (κ2) is 15.5. The Hall–Kier alpha value is -4.44. The Balaban J connectivity index is 0.979. The zero-order valence-electron chi connectivity index (χ0n) is 31.2. The Kier molecular flexibility index (Phi) is 10.4. The number of aliphatic hydroxyl groups excluding tert-OH is 1. The molecule has 2 aromatic carbocycles. The summed E-state index contributed by atoms with van der Waals surface area (Å²) in [6.45, 7) is 9.14. The number of piperidine rings is 1. The molecule has 2 amide bonds. The molecule has 2 aliphatic heterocycles. The van der Waals surface area contributed by atoms with Crippen LogP contribution >= 0.6 is 0 Å². The Morgan fingerprint density at radius 3 is 1.74 bits per heavy atom. The molecule has 2 saturated heterocycles. The third-order valence-electron chi connectivity index (χ3n) is 11.9. The lowest BCUT2D eigenvalue weighted by Gasteiger charge is -2.27. The number of nitrogens with zero attached hydrogens (tertiary/aromatic N) is 4. The van der Waals surface area contributed by atoms with Crippen molar-refractivity contribution in [2.75, 3.05) is 36.9 Å². The average Bonchev–Trinajstić information content (AvgIpc) is 4.12. The van der Waals surface area contributed by atoms with Gasteiger partial charge in [0.1, 0.15) is 11.4 Å². The van der Waals surface area contributed by atoms with Gasteiger partial charge in [-0.15, -0.1) is 0 Å². The Labute approximate surface area is 313 Å². The number of hydrogen-bond acceptors (Lipinski definition) is 7. The number of likely N-dealkylation sites (tertiary alicyclic amines) is 2. The maximum absolute atomic E-state index is 13.7. The van der Waals surface area contributed by atoms with Gasteiger partial charge in [0.05, 0.1) is 6.61 Å². The number of anilines is 2. The van der Waals surface area contributed by atoms with E-state index in [9.17, 15) is 14.7 Å². The summed E-state index contributed by atoms with van der Waals surface area (Å²) < 4.78 is 0. The van der Waals surface area contributed by atoms with E-state index in [-0.39, 0.29) is 24.5 Å². The quantitative estimate of drug-likeness (QED) is 0.137. The van der Waals surface area contributed by atoms with E-state index in [0.717, 1.165) is 97.6 Å². The minimum atomic E-state index is -0.231. The van der Waals surface area contributed by atoms with Crippen LogP contribution in [-0.2, 0) is 13.1 Å². The summed E-state index contributed by atoms with van der Waals surface area (Å²) >= 11 is 0. The predicted octanol–water partition coefficient (Wildman–Crippen LogP) is 7.96. The SMILES string of the molecule is Cc1c(NC(=O)c2cc(C3CC3)c(CN3CCCCC3)cn2)cccc1-c1cccc(NC(=O)c2cc(C3CC3)c(CN3CCCC3CO)cn2)c1C. The normalized spacial score (nSPS) is 19.3. The van der Waals surface area contributed by atoms with Crippen molar-refractivity contribution in [2.45, 2.75) is 103 Å². The minimum absolute atomic E-state index is 0.176. The highest BCUT2D eigenvalue weighted by Gasteiger charge is 2.31. The zero-order chi connectivity index (χ0) is 36.5. The van der Waals surface area contributed by atoms with E-state index in [2.05, 4.69) is 42.5 Å². The van der Waals surface area contributed by atoms with E-state index in [0.29, 0.717) is 23.2 Å². The molecule has 4 aromatic rings. The molecule has 9 heteroatoms. The van der Waals surface area contributed by atoms with Crippen molar-refractivity contribution in [1.29, 1.82) is 0 Å². The fraction of sp³-hybridized carbons (Fsp3) is 0.455. The first-order chi connectivity index (χ1) is 25.9. The van der Waals surface area contributed by atoms with Gasteiger partial charge >= 0.3 is 0 Å². The summed E-state index contributed by atoms with van der Waals surface area (Å²) in [5.74, 6) is 0.564. The molecule has 1 atom stereocenters. The van der Waals surface area contributed by atoms with Crippen molar-refractivity contribution in [2.24, 2.45) is 0 Å². The molecule has 53 heavy (non-hydrogen) atoms. The average molecular weight is 713 g/mol. The number of aliphatic hydroxyl groups is 1. The lowest BCUT2D eigenvalue weighted by molar-refractivity contribution is 0.101. The number of carbonyl (C=O) groups is 2. The van der Waals surface area contributed by atoms with Crippen LogP contribution in [-0.4, -0.2) is 69.0 Å². The number of amides is 2. The predicted molar refractivity (Wildman–Crippen MR) is 209 cm³/mol. The highest BCUT2D eigenvalue weighted by molar-refractivity contribution is 6.05. The van der Waals surface area contributed by atoms with E-state index in [1.165, 1.54) is 48.8 Å². The van der Waals surface area contributed by atoms with Crippen LogP contribution in [0.5, 0.6) is 0 Å². The number of rotatable bonds is 12. The summed E-state index contributed by atoms with van der Waals surface area (Å²) in [6.07, 6.45) is 14.3. The van der Waals surface area contributed by atoms with Crippen molar-refractivity contribution < 1.29 is 14.7 Å². The monoisotopic (exact) mass is 712 g/mol. The lowest BCUT2D eigenvalue weighted by atomic mass is 9.94. The molecular weight excluding hydrogens is 661 g/mol. The lowest BCUT2D eigenvalue weighted by Crippen LogP contribution is -2.32. The molecule has 0 bridgehead atoms. The van der Waals surface area contributed by atoms with Crippen molar-refractivity contribution in [1.82, 2.24) is 19.8 Å². The molecule has 4 heterocycles. The van der Waals surface area contributed by atoms with Crippen LogP contribution in [0.15, 0.2) is 60.9 Å². The van der Waals surface area contributed by atoms with Crippen molar-refractivity contribution in [3.63, 3.8) is 0 Å².